The minimum Gasteiger partial charge on any atom is -0.374 e. The van der Waals surface area contributed by atoms with Crippen LogP contribution in [0.5, 0.6) is 0 Å². The molecular weight excluding hydrogens is 224 g/mol. The fourth-order valence-corrected chi connectivity index (χ4v) is 3.52. The van der Waals surface area contributed by atoms with Crippen LogP contribution in [-0.4, -0.2) is 19.7 Å². The van der Waals surface area contributed by atoms with Gasteiger partial charge in [-0.25, -0.2) is 4.79 Å². The molecule has 3 nitrogen and oxygen atoms in total. The second-order valence-electron chi connectivity index (χ2n) is 5.42. The molecule has 1 aliphatic carbocycles. The molecule has 0 amide bonds. The zero-order valence-corrected chi connectivity index (χ0v) is 10.8. The monoisotopic (exact) mass is 242 g/mol. The number of fused-ring (bicyclic) bond motifs is 1. The molecule has 3 rings (SSSR count). The second-order valence-corrected chi connectivity index (χ2v) is 5.42. The van der Waals surface area contributed by atoms with Crippen molar-refractivity contribution in [3.8, 4) is 0 Å². The standard InChI is InChI=1S/C15H18N2O/c1-17-10-7-12-13(5-4-6-14(12)17)15(16-11-18)8-2-3-9-15/h4-6H,2-3,7-10H2,1H3. The lowest BCUT2D eigenvalue weighted by Crippen LogP contribution is -2.20. The fraction of sp³-hybridized carbons (Fsp3) is 0.533. The molecule has 0 N–H and O–H groups in total. The number of benzene rings is 1. The van der Waals surface area contributed by atoms with Crippen LogP contribution in [0.2, 0.25) is 0 Å². The average molecular weight is 242 g/mol. The highest BCUT2D eigenvalue weighted by molar-refractivity contribution is 5.62. The normalized spacial score (nSPS) is 20.6. The zero-order valence-electron chi connectivity index (χ0n) is 10.8. The quantitative estimate of drug-likeness (QED) is 0.590. The average Bonchev–Trinajstić information content (AvgIpc) is 2.98. The Morgan fingerprint density at radius 3 is 2.83 bits per heavy atom. The molecule has 18 heavy (non-hydrogen) atoms. The number of rotatable bonds is 2. The fourth-order valence-electron chi connectivity index (χ4n) is 3.52. The third-order valence-corrected chi connectivity index (χ3v) is 4.45. The Hall–Kier alpha value is -1.60. The first kappa shape index (κ1) is 11.5. The van der Waals surface area contributed by atoms with E-state index in [0.717, 1.165) is 38.6 Å². The van der Waals surface area contributed by atoms with Crippen LogP contribution in [-0.2, 0) is 16.8 Å². The van der Waals surface area contributed by atoms with Crippen LogP contribution in [0.15, 0.2) is 23.2 Å². The van der Waals surface area contributed by atoms with E-state index in [9.17, 15) is 4.79 Å². The Bertz CT molecular complexity index is 511. The minimum absolute atomic E-state index is 0.279. The Balaban J connectivity index is 2.14. The van der Waals surface area contributed by atoms with Gasteiger partial charge in [-0.05, 0) is 36.5 Å². The smallest absolute Gasteiger partial charge is 0.235 e. The molecule has 0 atom stereocenters. The molecule has 1 heterocycles. The van der Waals surface area contributed by atoms with Crippen molar-refractivity contribution in [3.63, 3.8) is 0 Å². The summed E-state index contributed by atoms with van der Waals surface area (Å²) in [4.78, 5) is 17.3. The molecule has 0 radical (unpaired) electrons. The van der Waals surface area contributed by atoms with Gasteiger partial charge in [-0.1, -0.05) is 25.0 Å². The predicted molar refractivity (Wildman–Crippen MR) is 71.7 cm³/mol. The highest BCUT2D eigenvalue weighted by Gasteiger charge is 2.38. The van der Waals surface area contributed by atoms with Gasteiger partial charge >= 0.3 is 0 Å². The van der Waals surface area contributed by atoms with Crippen molar-refractivity contribution in [3.05, 3.63) is 29.3 Å². The van der Waals surface area contributed by atoms with Crippen LogP contribution in [0, 0.1) is 0 Å². The van der Waals surface area contributed by atoms with E-state index in [-0.39, 0.29) is 5.54 Å². The van der Waals surface area contributed by atoms with E-state index in [1.165, 1.54) is 16.8 Å². The first-order valence-electron chi connectivity index (χ1n) is 6.69. The number of hydrogen-bond donors (Lipinski definition) is 0. The van der Waals surface area contributed by atoms with Gasteiger partial charge in [-0.3, -0.25) is 0 Å². The number of carbonyl (C=O) groups excluding carboxylic acids is 1. The van der Waals surface area contributed by atoms with E-state index >= 15 is 0 Å². The predicted octanol–water partition coefficient (Wildman–Crippen LogP) is 2.78. The molecule has 0 saturated heterocycles. The first-order valence-corrected chi connectivity index (χ1v) is 6.69. The Morgan fingerprint density at radius 2 is 2.11 bits per heavy atom. The molecule has 0 bridgehead atoms. The van der Waals surface area contributed by atoms with Crippen molar-refractivity contribution < 1.29 is 4.79 Å². The summed E-state index contributed by atoms with van der Waals surface area (Å²) < 4.78 is 0. The van der Waals surface area contributed by atoms with Crippen LogP contribution < -0.4 is 4.90 Å². The number of likely N-dealkylation sites (N-methyl/N-ethyl adjacent to an activating group) is 1. The first-order chi connectivity index (χ1) is 8.77. The number of anilines is 1. The van der Waals surface area contributed by atoms with E-state index in [0.29, 0.717) is 0 Å². The maximum Gasteiger partial charge on any atom is 0.235 e. The SMILES string of the molecule is CN1CCc2c1cccc2C1(N=C=O)CCCC1. The third kappa shape index (κ3) is 1.58. The van der Waals surface area contributed by atoms with Crippen molar-refractivity contribution >= 4 is 11.8 Å². The van der Waals surface area contributed by atoms with Gasteiger partial charge in [0.25, 0.3) is 0 Å². The van der Waals surface area contributed by atoms with Crippen LogP contribution in [0.4, 0.5) is 5.69 Å². The number of isocyanates is 1. The summed E-state index contributed by atoms with van der Waals surface area (Å²) >= 11 is 0. The van der Waals surface area contributed by atoms with Gasteiger partial charge in [0.1, 0.15) is 0 Å². The lowest BCUT2D eigenvalue weighted by molar-refractivity contribution is 0.453. The van der Waals surface area contributed by atoms with E-state index < -0.39 is 0 Å². The maximum absolute atomic E-state index is 10.8. The lowest BCUT2D eigenvalue weighted by atomic mass is 9.84. The molecule has 0 unspecified atom stereocenters. The summed E-state index contributed by atoms with van der Waals surface area (Å²) in [5.74, 6) is 0. The van der Waals surface area contributed by atoms with Gasteiger partial charge in [0, 0.05) is 19.3 Å². The second kappa shape index (κ2) is 4.25. The highest BCUT2D eigenvalue weighted by atomic mass is 16.1. The van der Waals surface area contributed by atoms with Gasteiger partial charge in [-0.2, -0.15) is 4.99 Å². The maximum atomic E-state index is 10.8. The van der Waals surface area contributed by atoms with E-state index in [2.05, 4.69) is 35.1 Å². The van der Waals surface area contributed by atoms with Crippen molar-refractivity contribution in [2.45, 2.75) is 37.6 Å². The summed E-state index contributed by atoms with van der Waals surface area (Å²) in [7, 11) is 2.12. The molecule has 1 aromatic rings. The Kier molecular flexibility index (Phi) is 2.71. The van der Waals surface area contributed by atoms with Crippen LogP contribution in [0.3, 0.4) is 0 Å². The molecule has 1 aliphatic heterocycles. The molecule has 1 aromatic carbocycles. The number of hydrogen-bond acceptors (Lipinski definition) is 3. The van der Waals surface area contributed by atoms with Gasteiger partial charge in [-0.15, -0.1) is 0 Å². The van der Waals surface area contributed by atoms with Crippen molar-refractivity contribution in [1.82, 2.24) is 0 Å². The van der Waals surface area contributed by atoms with Crippen molar-refractivity contribution in [1.29, 1.82) is 0 Å². The van der Waals surface area contributed by atoms with E-state index in [1.807, 2.05) is 6.08 Å². The molecule has 3 heteroatoms. The van der Waals surface area contributed by atoms with E-state index in [1.54, 1.807) is 0 Å². The van der Waals surface area contributed by atoms with Crippen molar-refractivity contribution in [2.75, 3.05) is 18.5 Å². The molecule has 94 valence electrons. The number of nitrogens with zero attached hydrogens (tertiary/aromatic N) is 2. The largest absolute Gasteiger partial charge is 0.374 e. The molecule has 2 aliphatic rings. The van der Waals surface area contributed by atoms with E-state index in [4.69, 9.17) is 0 Å². The Morgan fingerprint density at radius 1 is 1.33 bits per heavy atom. The van der Waals surface area contributed by atoms with Crippen molar-refractivity contribution in [2.24, 2.45) is 4.99 Å². The van der Waals surface area contributed by atoms with Gasteiger partial charge in [0.15, 0.2) is 0 Å². The Labute approximate surface area is 108 Å². The summed E-state index contributed by atoms with van der Waals surface area (Å²) in [5, 5.41) is 0. The molecular formula is C15H18N2O. The van der Waals surface area contributed by atoms with Crippen LogP contribution in [0.1, 0.15) is 36.8 Å². The van der Waals surface area contributed by atoms with Gasteiger partial charge < -0.3 is 4.90 Å². The summed E-state index contributed by atoms with van der Waals surface area (Å²) in [6, 6.07) is 6.42. The minimum atomic E-state index is -0.279. The summed E-state index contributed by atoms with van der Waals surface area (Å²) in [6.07, 6.45) is 7.17. The van der Waals surface area contributed by atoms with Crippen LogP contribution >= 0.6 is 0 Å². The third-order valence-electron chi connectivity index (χ3n) is 4.45. The molecule has 1 fully saturated rings. The lowest BCUT2D eigenvalue weighted by Gasteiger charge is -2.25. The topological polar surface area (TPSA) is 32.7 Å². The zero-order chi connectivity index (χ0) is 12.6. The molecule has 1 saturated carbocycles. The molecule has 0 aromatic heterocycles. The molecule has 0 spiro atoms. The number of aliphatic imine (C=N–C) groups is 1. The van der Waals surface area contributed by atoms with Gasteiger partial charge in [0.2, 0.25) is 6.08 Å². The summed E-state index contributed by atoms with van der Waals surface area (Å²) in [6.45, 7) is 1.06. The summed E-state index contributed by atoms with van der Waals surface area (Å²) in [5.41, 5.74) is 3.68. The highest BCUT2D eigenvalue weighted by Crippen LogP contribution is 2.46. The van der Waals surface area contributed by atoms with Crippen LogP contribution in [0.25, 0.3) is 0 Å². The van der Waals surface area contributed by atoms with Gasteiger partial charge in [0.05, 0.1) is 5.54 Å².